The largest absolute Gasteiger partial charge is 0.345 e. The van der Waals surface area contributed by atoms with Crippen LogP contribution in [-0.4, -0.2) is 48.9 Å². The summed E-state index contributed by atoms with van der Waals surface area (Å²) in [5.74, 6) is 1.25. The zero-order chi connectivity index (χ0) is 19.6. The molecule has 1 amide bonds. The van der Waals surface area contributed by atoms with Crippen molar-refractivity contribution in [1.29, 1.82) is 0 Å². The summed E-state index contributed by atoms with van der Waals surface area (Å²) in [7, 11) is 2.02. The molecule has 4 heteroatoms. The Balaban J connectivity index is 1.18. The molecule has 28 heavy (non-hydrogen) atoms. The minimum absolute atomic E-state index is 0.0895. The molecule has 2 saturated carbocycles. The Bertz CT molecular complexity index is 677. The fourth-order valence-corrected chi connectivity index (χ4v) is 5.62. The van der Waals surface area contributed by atoms with Gasteiger partial charge in [0, 0.05) is 26.1 Å². The fourth-order valence-electron chi connectivity index (χ4n) is 5.62. The summed E-state index contributed by atoms with van der Waals surface area (Å²) in [6.45, 7) is 3.96. The van der Waals surface area contributed by atoms with E-state index in [0.29, 0.717) is 23.2 Å². The number of piperidine rings is 1. The normalized spacial score (nSPS) is 25.0. The van der Waals surface area contributed by atoms with Crippen LogP contribution in [-0.2, 0) is 11.2 Å². The molecule has 1 atom stereocenters. The van der Waals surface area contributed by atoms with Crippen LogP contribution in [0.2, 0.25) is 0 Å². The van der Waals surface area contributed by atoms with Gasteiger partial charge < -0.3 is 9.80 Å². The number of likely N-dealkylation sites (tertiary alicyclic amines) is 1. The van der Waals surface area contributed by atoms with Gasteiger partial charge in [0.25, 0.3) is 0 Å². The van der Waals surface area contributed by atoms with E-state index in [1.54, 1.807) is 12.1 Å². The minimum atomic E-state index is -0.0895. The molecule has 1 aromatic rings. The molecule has 0 radical (unpaired) electrons. The quantitative estimate of drug-likeness (QED) is 0.718. The molecule has 2 aliphatic carbocycles. The number of amides is 1. The van der Waals surface area contributed by atoms with E-state index in [2.05, 4.69) is 4.90 Å². The lowest BCUT2D eigenvalue weighted by atomic mass is 9.84. The average molecular weight is 387 g/mol. The number of carbonyl (C=O) groups excluding carboxylic acids is 1. The summed E-state index contributed by atoms with van der Waals surface area (Å²) >= 11 is 0. The molecule has 0 N–H and O–H groups in total. The van der Waals surface area contributed by atoms with E-state index in [0.717, 1.165) is 57.4 Å². The van der Waals surface area contributed by atoms with Crippen molar-refractivity contribution in [2.24, 2.45) is 17.3 Å². The van der Waals surface area contributed by atoms with Crippen molar-refractivity contribution < 1.29 is 9.18 Å². The molecular weight excluding hydrogens is 351 g/mol. The van der Waals surface area contributed by atoms with Crippen LogP contribution in [0.1, 0.15) is 56.9 Å². The number of hydrogen-bond acceptors (Lipinski definition) is 2. The molecule has 1 aromatic carbocycles. The highest BCUT2D eigenvalue weighted by molar-refractivity contribution is 5.82. The molecule has 3 nitrogen and oxygen atoms in total. The number of rotatable bonds is 6. The van der Waals surface area contributed by atoms with Crippen molar-refractivity contribution in [3.05, 3.63) is 35.6 Å². The van der Waals surface area contributed by atoms with Gasteiger partial charge in [0.2, 0.25) is 5.91 Å². The first-order chi connectivity index (χ1) is 13.6. The van der Waals surface area contributed by atoms with Crippen LogP contribution >= 0.6 is 0 Å². The minimum Gasteiger partial charge on any atom is -0.345 e. The molecule has 4 rings (SSSR count). The molecule has 1 saturated heterocycles. The van der Waals surface area contributed by atoms with Gasteiger partial charge in [-0.1, -0.05) is 37.5 Å². The highest BCUT2D eigenvalue weighted by Gasteiger charge is 2.58. The van der Waals surface area contributed by atoms with Gasteiger partial charge >= 0.3 is 0 Å². The Morgan fingerprint density at radius 3 is 2.61 bits per heavy atom. The van der Waals surface area contributed by atoms with E-state index in [4.69, 9.17) is 0 Å². The molecule has 3 aliphatic rings. The Labute approximate surface area is 169 Å². The van der Waals surface area contributed by atoms with Crippen LogP contribution in [0, 0.1) is 23.1 Å². The van der Waals surface area contributed by atoms with E-state index in [1.807, 2.05) is 24.1 Å². The summed E-state index contributed by atoms with van der Waals surface area (Å²) in [6.07, 6.45) is 10.8. The van der Waals surface area contributed by atoms with E-state index in [9.17, 15) is 9.18 Å². The number of halogens is 1. The number of nitrogens with zero attached hydrogens (tertiary/aromatic N) is 2. The fraction of sp³-hybridized carbons (Fsp3) is 0.708. The summed E-state index contributed by atoms with van der Waals surface area (Å²) in [5.41, 5.74) is 1.20. The summed E-state index contributed by atoms with van der Waals surface area (Å²) in [4.78, 5) is 17.4. The van der Waals surface area contributed by atoms with Crippen LogP contribution < -0.4 is 0 Å². The maximum Gasteiger partial charge on any atom is 0.226 e. The maximum absolute atomic E-state index is 13.8. The van der Waals surface area contributed by atoms with Crippen molar-refractivity contribution in [3.63, 3.8) is 0 Å². The van der Waals surface area contributed by atoms with Crippen LogP contribution in [0.25, 0.3) is 0 Å². The van der Waals surface area contributed by atoms with E-state index < -0.39 is 0 Å². The Morgan fingerprint density at radius 2 is 1.89 bits per heavy atom. The van der Waals surface area contributed by atoms with Gasteiger partial charge in [-0.15, -0.1) is 0 Å². The lowest BCUT2D eigenvalue weighted by molar-refractivity contribution is -0.133. The van der Waals surface area contributed by atoms with Crippen LogP contribution in [0.5, 0.6) is 0 Å². The second kappa shape index (κ2) is 8.52. The van der Waals surface area contributed by atoms with Gasteiger partial charge in [0.15, 0.2) is 0 Å². The summed E-state index contributed by atoms with van der Waals surface area (Å²) in [6, 6.07) is 7.10. The van der Waals surface area contributed by atoms with E-state index in [1.165, 1.54) is 32.1 Å². The molecular formula is C24H35FN2O. The van der Waals surface area contributed by atoms with Crippen molar-refractivity contribution in [3.8, 4) is 0 Å². The first kappa shape index (κ1) is 19.9. The molecule has 0 aromatic heterocycles. The third kappa shape index (κ3) is 4.42. The second-order valence-corrected chi connectivity index (χ2v) is 9.52. The maximum atomic E-state index is 13.8. The van der Waals surface area contributed by atoms with E-state index >= 15 is 0 Å². The van der Waals surface area contributed by atoms with Crippen molar-refractivity contribution in [2.75, 3.05) is 33.2 Å². The van der Waals surface area contributed by atoms with Crippen LogP contribution in [0.4, 0.5) is 4.39 Å². The van der Waals surface area contributed by atoms with Gasteiger partial charge in [-0.25, -0.2) is 4.39 Å². The number of benzene rings is 1. The predicted molar refractivity (Wildman–Crippen MR) is 111 cm³/mol. The van der Waals surface area contributed by atoms with Crippen molar-refractivity contribution in [1.82, 2.24) is 9.80 Å². The number of carbonyl (C=O) groups is 1. The lowest BCUT2D eigenvalue weighted by Gasteiger charge is -2.34. The topological polar surface area (TPSA) is 23.6 Å². The highest BCUT2D eigenvalue weighted by atomic mass is 19.1. The van der Waals surface area contributed by atoms with Gasteiger partial charge in [-0.3, -0.25) is 4.79 Å². The lowest BCUT2D eigenvalue weighted by Crippen LogP contribution is -2.41. The Kier molecular flexibility index (Phi) is 6.05. The smallest absolute Gasteiger partial charge is 0.226 e. The van der Waals surface area contributed by atoms with Crippen molar-refractivity contribution >= 4 is 5.91 Å². The van der Waals surface area contributed by atoms with E-state index in [-0.39, 0.29) is 5.82 Å². The first-order valence-corrected chi connectivity index (χ1v) is 11.3. The predicted octanol–water partition coefficient (Wildman–Crippen LogP) is 4.51. The summed E-state index contributed by atoms with van der Waals surface area (Å²) in [5, 5.41) is 0. The van der Waals surface area contributed by atoms with Gasteiger partial charge in [-0.05, 0) is 74.6 Å². The third-order valence-corrected chi connectivity index (χ3v) is 7.61. The average Bonchev–Trinajstić information content (AvgIpc) is 3.41. The highest BCUT2D eigenvalue weighted by Crippen LogP contribution is 2.61. The first-order valence-electron chi connectivity index (χ1n) is 11.3. The summed E-state index contributed by atoms with van der Waals surface area (Å²) < 4.78 is 13.8. The zero-order valence-electron chi connectivity index (χ0n) is 17.3. The zero-order valence-corrected chi connectivity index (χ0v) is 17.3. The van der Waals surface area contributed by atoms with Crippen LogP contribution in [0.15, 0.2) is 24.3 Å². The molecule has 3 fully saturated rings. The van der Waals surface area contributed by atoms with Gasteiger partial charge in [0.05, 0.1) is 0 Å². The Hall–Kier alpha value is -1.42. The second-order valence-electron chi connectivity index (χ2n) is 9.52. The SMILES string of the molecule is CN(CC1CCN(CCc2ccccc2F)CC1)C(=O)C1CC12CCCCC2. The number of hydrogen-bond donors (Lipinski definition) is 0. The molecule has 1 heterocycles. The van der Waals surface area contributed by atoms with Crippen molar-refractivity contribution in [2.45, 2.75) is 57.8 Å². The molecule has 154 valence electrons. The Morgan fingerprint density at radius 1 is 1.18 bits per heavy atom. The molecule has 1 unspecified atom stereocenters. The van der Waals surface area contributed by atoms with Gasteiger partial charge in [-0.2, -0.15) is 0 Å². The van der Waals surface area contributed by atoms with Crippen LogP contribution in [0.3, 0.4) is 0 Å². The molecule has 0 bridgehead atoms. The molecule has 1 aliphatic heterocycles. The monoisotopic (exact) mass is 386 g/mol. The molecule has 1 spiro atoms. The van der Waals surface area contributed by atoms with Gasteiger partial charge in [0.1, 0.15) is 5.82 Å². The third-order valence-electron chi connectivity index (χ3n) is 7.61. The standard InChI is InChI=1S/C24H35FN2O/c1-26(23(28)21-17-24(21)12-5-2-6-13-24)18-19-9-14-27(15-10-19)16-11-20-7-3-4-8-22(20)25/h3-4,7-8,19,21H,2,5-6,9-18H2,1H3.